The lowest BCUT2D eigenvalue weighted by molar-refractivity contribution is 0.566. The maximum absolute atomic E-state index is 12.3. The number of rotatable bonds is 5. The predicted molar refractivity (Wildman–Crippen MR) is 80.6 cm³/mol. The summed E-state index contributed by atoms with van der Waals surface area (Å²) in [4.78, 5) is 24.0. The molecule has 106 valence electrons. The summed E-state index contributed by atoms with van der Waals surface area (Å²) in [7, 11) is 0. The van der Waals surface area contributed by atoms with Crippen molar-refractivity contribution < 1.29 is 0 Å². The standard InChI is InChI=1S/C15H17ClN2O2/c1-12-5-2-3-6-13(12)11-17-10-7-14(19)18(15(17)20)9-4-8-16/h2-3,5-7,10H,4,8-9,11H2,1H3. The highest BCUT2D eigenvalue weighted by molar-refractivity contribution is 6.17. The van der Waals surface area contributed by atoms with Crippen molar-refractivity contribution in [2.45, 2.75) is 26.4 Å². The van der Waals surface area contributed by atoms with Gasteiger partial charge in [-0.2, -0.15) is 0 Å². The van der Waals surface area contributed by atoms with Crippen LogP contribution in [0.4, 0.5) is 0 Å². The lowest BCUT2D eigenvalue weighted by atomic mass is 10.1. The van der Waals surface area contributed by atoms with E-state index in [2.05, 4.69) is 0 Å². The largest absolute Gasteiger partial charge is 0.331 e. The molecule has 0 atom stereocenters. The molecule has 0 aliphatic rings. The van der Waals surface area contributed by atoms with Crippen molar-refractivity contribution >= 4 is 11.6 Å². The van der Waals surface area contributed by atoms with Crippen LogP contribution in [0.15, 0.2) is 46.1 Å². The third-order valence-corrected chi connectivity index (χ3v) is 3.52. The highest BCUT2D eigenvalue weighted by atomic mass is 35.5. The highest BCUT2D eigenvalue weighted by Gasteiger charge is 2.06. The molecule has 0 aliphatic heterocycles. The number of aryl methyl sites for hydroxylation is 1. The van der Waals surface area contributed by atoms with E-state index in [0.29, 0.717) is 25.4 Å². The second kappa shape index (κ2) is 6.57. The van der Waals surface area contributed by atoms with Crippen LogP contribution in [0.1, 0.15) is 17.5 Å². The number of benzene rings is 1. The summed E-state index contributed by atoms with van der Waals surface area (Å²) in [5.41, 5.74) is 1.63. The van der Waals surface area contributed by atoms with Gasteiger partial charge in [0.15, 0.2) is 0 Å². The van der Waals surface area contributed by atoms with Crippen LogP contribution in [0.5, 0.6) is 0 Å². The Morgan fingerprint density at radius 3 is 2.60 bits per heavy atom. The molecule has 0 fully saturated rings. The molecule has 4 nitrogen and oxygen atoms in total. The van der Waals surface area contributed by atoms with Gasteiger partial charge in [-0.15, -0.1) is 11.6 Å². The molecule has 20 heavy (non-hydrogen) atoms. The van der Waals surface area contributed by atoms with Crippen LogP contribution in [0, 0.1) is 6.92 Å². The van der Waals surface area contributed by atoms with E-state index in [1.165, 1.54) is 10.6 Å². The first-order valence-corrected chi connectivity index (χ1v) is 7.07. The summed E-state index contributed by atoms with van der Waals surface area (Å²) in [5.74, 6) is 0.429. The van der Waals surface area contributed by atoms with Gasteiger partial charge in [-0.25, -0.2) is 4.79 Å². The van der Waals surface area contributed by atoms with E-state index in [9.17, 15) is 9.59 Å². The Labute approximate surface area is 122 Å². The van der Waals surface area contributed by atoms with Gasteiger partial charge >= 0.3 is 5.69 Å². The quantitative estimate of drug-likeness (QED) is 0.791. The van der Waals surface area contributed by atoms with Crippen molar-refractivity contribution in [2.75, 3.05) is 5.88 Å². The molecule has 0 saturated carbocycles. The first kappa shape index (κ1) is 14.6. The van der Waals surface area contributed by atoms with Crippen molar-refractivity contribution in [1.29, 1.82) is 0 Å². The van der Waals surface area contributed by atoms with Gasteiger partial charge in [-0.1, -0.05) is 24.3 Å². The second-order valence-corrected chi connectivity index (χ2v) is 5.06. The Balaban J connectivity index is 2.36. The van der Waals surface area contributed by atoms with Crippen molar-refractivity contribution in [3.8, 4) is 0 Å². The van der Waals surface area contributed by atoms with Crippen LogP contribution in [0.25, 0.3) is 0 Å². The number of halogens is 1. The average molecular weight is 293 g/mol. The van der Waals surface area contributed by atoms with E-state index in [1.807, 2.05) is 31.2 Å². The Bertz CT molecular complexity index is 704. The van der Waals surface area contributed by atoms with Gasteiger partial charge in [0, 0.05) is 24.7 Å². The molecule has 0 bridgehead atoms. The molecule has 1 aromatic carbocycles. The number of aromatic nitrogens is 2. The third-order valence-electron chi connectivity index (χ3n) is 3.26. The van der Waals surface area contributed by atoms with Crippen LogP contribution in [0.3, 0.4) is 0 Å². The first-order valence-electron chi connectivity index (χ1n) is 6.54. The zero-order chi connectivity index (χ0) is 14.5. The van der Waals surface area contributed by atoms with E-state index in [0.717, 1.165) is 11.1 Å². The molecule has 0 N–H and O–H groups in total. The summed E-state index contributed by atoms with van der Waals surface area (Å²) >= 11 is 5.62. The smallest absolute Gasteiger partial charge is 0.296 e. The fraction of sp³-hybridized carbons (Fsp3) is 0.333. The molecule has 0 spiro atoms. The summed E-state index contributed by atoms with van der Waals surface area (Å²) in [6.45, 7) is 2.83. The molecule has 0 saturated heterocycles. The monoisotopic (exact) mass is 292 g/mol. The van der Waals surface area contributed by atoms with Crippen molar-refractivity contribution in [2.24, 2.45) is 0 Å². The molecular weight excluding hydrogens is 276 g/mol. The normalized spacial score (nSPS) is 10.7. The predicted octanol–water partition coefficient (Wildman–Crippen LogP) is 2.00. The lowest BCUT2D eigenvalue weighted by Crippen LogP contribution is -2.39. The van der Waals surface area contributed by atoms with Crippen LogP contribution >= 0.6 is 11.6 Å². The number of alkyl halides is 1. The Morgan fingerprint density at radius 1 is 1.15 bits per heavy atom. The lowest BCUT2D eigenvalue weighted by Gasteiger charge is -2.11. The van der Waals surface area contributed by atoms with Crippen molar-refractivity contribution in [3.63, 3.8) is 0 Å². The number of hydrogen-bond donors (Lipinski definition) is 0. The summed E-state index contributed by atoms with van der Waals surface area (Å²) < 4.78 is 2.79. The Kier molecular flexibility index (Phi) is 4.79. The fourth-order valence-electron chi connectivity index (χ4n) is 2.07. The summed E-state index contributed by atoms with van der Waals surface area (Å²) in [6, 6.07) is 9.31. The van der Waals surface area contributed by atoms with Crippen LogP contribution < -0.4 is 11.2 Å². The van der Waals surface area contributed by atoms with Crippen LogP contribution in [-0.4, -0.2) is 15.0 Å². The maximum atomic E-state index is 12.3. The first-order chi connectivity index (χ1) is 9.63. The van der Waals surface area contributed by atoms with Crippen LogP contribution in [-0.2, 0) is 13.1 Å². The molecular formula is C15H17ClN2O2. The molecule has 0 aliphatic carbocycles. The van der Waals surface area contributed by atoms with Crippen molar-refractivity contribution in [1.82, 2.24) is 9.13 Å². The van der Waals surface area contributed by atoms with Gasteiger partial charge in [-0.05, 0) is 24.5 Å². The molecule has 0 radical (unpaired) electrons. The molecule has 5 heteroatoms. The zero-order valence-electron chi connectivity index (χ0n) is 11.4. The van der Waals surface area contributed by atoms with E-state index in [1.54, 1.807) is 10.8 Å². The van der Waals surface area contributed by atoms with Crippen LogP contribution in [0.2, 0.25) is 0 Å². The average Bonchev–Trinajstić information content (AvgIpc) is 2.44. The number of hydrogen-bond acceptors (Lipinski definition) is 2. The highest BCUT2D eigenvalue weighted by Crippen LogP contribution is 2.07. The molecule has 1 heterocycles. The van der Waals surface area contributed by atoms with E-state index in [4.69, 9.17) is 11.6 Å². The minimum absolute atomic E-state index is 0.277. The Morgan fingerprint density at radius 2 is 1.90 bits per heavy atom. The van der Waals surface area contributed by atoms with Gasteiger partial charge in [-0.3, -0.25) is 13.9 Å². The molecule has 0 amide bonds. The number of nitrogens with zero attached hydrogens (tertiary/aromatic N) is 2. The summed E-state index contributed by atoms with van der Waals surface area (Å²) in [6.07, 6.45) is 2.15. The molecule has 2 aromatic rings. The molecule has 1 aromatic heterocycles. The second-order valence-electron chi connectivity index (χ2n) is 4.69. The molecule has 0 unspecified atom stereocenters. The maximum Gasteiger partial charge on any atom is 0.331 e. The van der Waals surface area contributed by atoms with Gasteiger partial charge in [0.05, 0.1) is 6.54 Å². The summed E-state index contributed by atoms with van der Waals surface area (Å²) in [5, 5.41) is 0. The van der Waals surface area contributed by atoms with Gasteiger partial charge in [0.25, 0.3) is 5.56 Å². The topological polar surface area (TPSA) is 44.0 Å². The minimum Gasteiger partial charge on any atom is -0.296 e. The zero-order valence-corrected chi connectivity index (χ0v) is 12.1. The van der Waals surface area contributed by atoms with E-state index >= 15 is 0 Å². The Hall–Kier alpha value is -1.81. The van der Waals surface area contributed by atoms with E-state index in [-0.39, 0.29) is 11.2 Å². The van der Waals surface area contributed by atoms with E-state index < -0.39 is 0 Å². The van der Waals surface area contributed by atoms with Gasteiger partial charge in [0.2, 0.25) is 0 Å². The van der Waals surface area contributed by atoms with Crippen molar-refractivity contribution in [3.05, 3.63) is 68.5 Å². The van der Waals surface area contributed by atoms with Gasteiger partial charge < -0.3 is 0 Å². The molecule has 2 rings (SSSR count). The SMILES string of the molecule is Cc1ccccc1Cn1ccc(=O)n(CCCCl)c1=O. The fourth-order valence-corrected chi connectivity index (χ4v) is 2.19. The third kappa shape index (κ3) is 3.20. The minimum atomic E-state index is -0.286. The van der Waals surface area contributed by atoms with Gasteiger partial charge in [0.1, 0.15) is 0 Å².